The monoisotopic (exact) mass is 538 g/mol. The standard InChI is InChI=1S/6C4H9O.Li.Nb/c6*1-2-3-4-5;;/h6*2-4H2,1H3;;/q6*-1;+1;+5. The van der Waals surface area contributed by atoms with Crippen LogP contribution in [0, 0.1) is 0 Å². The molecule has 0 aromatic carbocycles. The predicted octanol–water partition coefficient (Wildman–Crippen LogP) is -2.12. The Bertz CT molecular complexity index is 126. The van der Waals surface area contributed by atoms with E-state index < -0.39 is 0 Å². The van der Waals surface area contributed by atoms with Gasteiger partial charge in [-0.2, -0.15) is 0 Å². The van der Waals surface area contributed by atoms with Crippen LogP contribution in [0.4, 0.5) is 0 Å². The second-order valence-electron chi connectivity index (χ2n) is 6.35. The normalized spacial score (nSPS) is 7.88. The number of hydrogen-bond acceptors (Lipinski definition) is 6. The van der Waals surface area contributed by atoms with Gasteiger partial charge in [0, 0.05) is 0 Å². The number of rotatable bonds is 12. The van der Waals surface area contributed by atoms with Crippen molar-refractivity contribution in [1.29, 1.82) is 0 Å². The summed E-state index contributed by atoms with van der Waals surface area (Å²) >= 11 is 0. The average molecular weight is 539 g/mol. The van der Waals surface area contributed by atoms with Crippen LogP contribution in [0.15, 0.2) is 0 Å². The topological polar surface area (TPSA) is 138 Å². The van der Waals surface area contributed by atoms with Crippen molar-refractivity contribution in [1.82, 2.24) is 0 Å². The molecule has 0 unspecified atom stereocenters. The Balaban J connectivity index is -0.0000000356. The average Bonchev–Trinajstić information content (AvgIpc) is 2.74. The van der Waals surface area contributed by atoms with Crippen LogP contribution >= 0.6 is 0 Å². The zero-order valence-corrected chi connectivity index (χ0v) is 24.8. The van der Waals surface area contributed by atoms with Gasteiger partial charge in [-0.3, -0.25) is 0 Å². The van der Waals surface area contributed by atoms with Crippen molar-refractivity contribution in [3.8, 4) is 0 Å². The third-order valence-corrected chi connectivity index (χ3v) is 2.99. The van der Waals surface area contributed by atoms with E-state index in [4.69, 9.17) is 0 Å². The van der Waals surface area contributed by atoms with Gasteiger partial charge in [0.1, 0.15) is 0 Å². The Morgan fingerprint density at radius 3 is 0.406 bits per heavy atom. The van der Waals surface area contributed by atoms with Crippen LogP contribution in [-0.2, 0) is 22.4 Å². The Kier molecular flexibility index (Phi) is 144. The summed E-state index contributed by atoms with van der Waals surface area (Å²) < 4.78 is 0. The van der Waals surface area contributed by atoms with E-state index >= 15 is 0 Å². The zero-order chi connectivity index (χ0) is 24.7. The molecule has 32 heavy (non-hydrogen) atoms. The van der Waals surface area contributed by atoms with Gasteiger partial charge in [0.15, 0.2) is 0 Å². The summed E-state index contributed by atoms with van der Waals surface area (Å²) in [5.74, 6) is 0. The van der Waals surface area contributed by atoms with Crippen LogP contribution in [-0.4, -0.2) is 39.6 Å². The third kappa shape index (κ3) is 164. The molecule has 0 aliphatic rings. The van der Waals surface area contributed by atoms with E-state index in [0.29, 0.717) is 0 Å². The minimum absolute atomic E-state index is 0. The molecule has 8 heteroatoms. The first kappa shape index (κ1) is 54.1. The summed E-state index contributed by atoms with van der Waals surface area (Å²) in [7, 11) is 0. The van der Waals surface area contributed by atoms with E-state index in [1.807, 2.05) is 41.5 Å². The molecule has 0 aliphatic heterocycles. The van der Waals surface area contributed by atoms with Crippen molar-refractivity contribution in [2.45, 2.75) is 119 Å². The second-order valence-corrected chi connectivity index (χ2v) is 6.35. The predicted molar refractivity (Wildman–Crippen MR) is 119 cm³/mol. The maximum absolute atomic E-state index is 9.53. The van der Waals surface area contributed by atoms with Crippen molar-refractivity contribution in [2.75, 3.05) is 39.6 Å². The van der Waals surface area contributed by atoms with Gasteiger partial charge in [0.2, 0.25) is 0 Å². The molecule has 0 spiro atoms. The smallest absolute Gasteiger partial charge is 0.854 e. The molecule has 0 radical (unpaired) electrons. The Labute approximate surface area is 229 Å². The molecule has 0 fully saturated rings. The first-order valence-electron chi connectivity index (χ1n) is 12.0. The summed E-state index contributed by atoms with van der Waals surface area (Å²) in [5.41, 5.74) is 0. The first-order chi connectivity index (χ1) is 14.5. The van der Waals surface area contributed by atoms with E-state index in [9.17, 15) is 30.6 Å². The minimum Gasteiger partial charge on any atom is -0.854 e. The van der Waals surface area contributed by atoms with Crippen LogP contribution in [0.25, 0.3) is 0 Å². The van der Waals surface area contributed by atoms with Crippen LogP contribution in [0.3, 0.4) is 0 Å². The molecular formula is C24H54LiNbO6. The Hall–Kier alpha value is 1.10. The maximum Gasteiger partial charge on any atom is 5.00 e. The maximum atomic E-state index is 9.53. The second kappa shape index (κ2) is 85.1. The van der Waals surface area contributed by atoms with Gasteiger partial charge in [-0.05, 0) is 0 Å². The fraction of sp³-hybridized carbons (Fsp3) is 1.00. The molecule has 0 atom stereocenters. The summed E-state index contributed by atoms with van der Waals surface area (Å²) in [5, 5.41) is 57.2. The molecule has 192 valence electrons. The van der Waals surface area contributed by atoms with Gasteiger partial charge in [0.05, 0.1) is 0 Å². The fourth-order valence-corrected chi connectivity index (χ4v) is 0.866. The molecule has 0 N–H and O–H groups in total. The van der Waals surface area contributed by atoms with Crippen molar-refractivity contribution in [3.63, 3.8) is 0 Å². The molecule has 0 amide bonds. The van der Waals surface area contributed by atoms with Gasteiger partial charge >= 0.3 is 41.2 Å². The summed E-state index contributed by atoms with van der Waals surface area (Å²) in [6.07, 6.45) is 11.2. The van der Waals surface area contributed by atoms with Crippen LogP contribution in [0.2, 0.25) is 0 Å². The summed E-state index contributed by atoms with van der Waals surface area (Å²) in [6.45, 7) is 12.6. The quantitative estimate of drug-likeness (QED) is 0.261. The van der Waals surface area contributed by atoms with Crippen molar-refractivity contribution < 1.29 is 71.9 Å². The van der Waals surface area contributed by atoms with E-state index in [2.05, 4.69) is 0 Å². The molecular weight excluding hydrogens is 484 g/mol. The van der Waals surface area contributed by atoms with E-state index in [0.717, 1.165) is 77.0 Å². The van der Waals surface area contributed by atoms with Crippen molar-refractivity contribution in [3.05, 3.63) is 0 Å². The van der Waals surface area contributed by atoms with Gasteiger partial charge < -0.3 is 30.6 Å². The van der Waals surface area contributed by atoms with Crippen LogP contribution in [0.5, 0.6) is 0 Å². The molecule has 6 nitrogen and oxygen atoms in total. The minimum atomic E-state index is 0. The van der Waals surface area contributed by atoms with E-state index in [-0.39, 0.29) is 80.9 Å². The van der Waals surface area contributed by atoms with Gasteiger partial charge in [-0.1, -0.05) is 119 Å². The molecule has 0 aromatic heterocycles. The first-order valence-corrected chi connectivity index (χ1v) is 12.0. The molecule has 0 aliphatic carbocycles. The van der Waals surface area contributed by atoms with E-state index in [1.54, 1.807) is 0 Å². The molecule has 0 rings (SSSR count). The fourth-order valence-electron chi connectivity index (χ4n) is 0.866. The number of unbranched alkanes of at least 4 members (excludes halogenated alkanes) is 6. The van der Waals surface area contributed by atoms with Crippen LogP contribution < -0.4 is 49.5 Å². The molecule has 0 heterocycles. The van der Waals surface area contributed by atoms with Gasteiger partial charge in [0.25, 0.3) is 0 Å². The molecule has 0 saturated heterocycles. The van der Waals surface area contributed by atoms with Crippen molar-refractivity contribution >= 4 is 0 Å². The Morgan fingerprint density at radius 1 is 0.312 bits per heavy atom. The SMILES string of the molecule is CCCC[O-].CCCC[O-].CCCC[O-].CCCC[O-].CCCC[O-].CCCC[O-].[Li+].[Nb+5]. The van der Waals surface area contributed by atoms with Crippen LogP contribution in [0.1, 0.15) is 119 Å². The van der Waals surface area contributed by atoms with Gasteiger partial charge in [-0.15, -0.1) is 39.6 Å². The molecule has 0 saturated carbocycles. The number of hydrogen-bond donors (Lipinski definition) is 0. The molecule has 0 bridgehead atoms. The zero-order valence-electron chi connectivity index (χ0n) is 22.6. The Morgan fingerprint density at radius 2 is 0.406 bits per heavy atom. The molecule has 0 aromatic rings. The van der Waals surface area contributed by atoms with Crippen molar-refractivity contribution in [2.24, 2.45) is 0 Å². The largest absolute Gasteiger partial charge is 5.00 e. The summed E-state index contributed by atoms with van der Waals surface area (Å²) in [4.78, 5) is 0. The third-order valence-electron chi connectivity index (χ3n) is 2.99. The summed E-state index contributed by atoms with van der Waals surface area (Å²) in [6, 6.07) is 0. The van der Waals surface area contributed by atoms with Gasteiger partial charge in [-0.25, -0.2) is 0 Å². The van der Waals surface area contributed by atoms with E-state index in [1.165, 1.54) is 0 Å².